The zero-order valence-corrected chi connectivity index (χ0v) is 15.3. The van der Waals surface area contributed by atoms with Crippen molar-refractivity contribution in [3.05, 3.63) is 53.6 Å². The lowest BCUT2D eigenvalue weighted by Crippen LogP contribution is -2.49. The van der Waals surface area contributed by atoms with Crippen molar-refractivity contribution in [1.82, 2.24) is 10.9 Å². The van der Waals surface area contributed by atoms with Gasteiger partial charge < -0.3 is 15.4 Å². The summed E-state index contributed by atoms with van der Waals surface area (Å²) in [4.78, 5) is 24.0. The maximum absolute atomic E-state index is 12.1. The van der Waals surface area contributed by atoms with Gasteiger partial charge in [0.2, 0.25) is 5.91 Å². The van der Waals surface area contributed by atoms with Crippen LogP contribution >= 0.6 is 11.6 Å². The van der Waals surface area contributed by atoms with Gasteiger partial charge in [0.05, 0.1) is 19.3 Å². The average molecular weight is 377 g/mol. The lowest BCUT2D eigenvalue weighted by Gasteiger charge is -2.16. The van der Waals surface area contributed by atoms with Gasteiger partial charge in [-0.3, -0.25) is 15.0 Å². The van der Waals surface area contributed by atoms with Crippen LogP contribution in [0.5, 0.6) is 5.75 Å². The fourth-order valence-corrected chi connectivity index (χ4v) is 2.27. The van der Waals surface area contributed by atoms with E-state index in [9.17, 15) is 9.59 Å². The number of nitrogens with one attached hydrogen (secondary N) is 4. The predicted octanol–water partition coefficient (Wildman–Crippen LogP) is 2.41. The molecule has 0 saturated heterocycles. The first-order valence-corrected chi connectivity index (χ1v) is 8.35. The lowest BCUT2D eigenvalue weighted by atomic mass is 10.3. The largest absolute Gasteiger partial charge is 0.495 e. The normalized spacial score (nSPS) is 11.3. The zero-order chi connectivity index (χ0) is 18.9. The molecule has 0 fully saturated rings. The molecule has 2 amide bonds. The molecule has 26 heavy (non-hydrogen) atoms. The summed E-state index contributed by atoms with van der Waals surface area (Å²) in [7, 11) is 1.56. The van der Waals surface area contributed by atoms with E-state index >= 15 is 0 Å². The van der Waals surface area contributed by atoms with Gasteiger partial charge in [0.1, 0.15) is 11.8 Å². The van der Waals surface area contributed by atoms with Crippen LogP contribution < -0.4 is 26.2 Å². The first kappa shape index (κ1) is 19.6. The van der Waals surface area contributed by atoms with Crippen molar-refractivity contribution in [2.45, 2.75) is 13.0 Å². The van der Waals surface area contributed by atoms with Crippen LogP contribution in [0.25, 0.3) is 0 Å². The number of hydrogen-bond donors (Lipinski definition) is 4. The summed E-state index contributed by atoms with van der Waals surface area (Å²) < 4.78 is 5.20. The van der Waals surface area contributed by atoms with Gasteiger partial charge in [-0.1, -0.05) is 29.8 Å². The highest BCUT2D eigenvalue weighted by atomic mass is 35.5. The molecule has 0 heterocycles. The van der Waals surface area contributed by atoms with Crippen molar-refractivity contribution in [3.8, 4) is 5.75 Å². The molecule has 0 bridgehead atoms. The van der Waals surface area contributed by atoms with E-state index in [1.165, 1.54) is 0 Å². The minimum Gasteiger partial charge on any atom is -0.495 e. The molecule has 1 atom stereocenters. The minimum atomic E-state index is -0.635. The smallest absolute Gasteiger partial charge is 0.253 e. The molecule has 2 aromatic rings. The fraction of sp³-hybridized carbons (Fsp3) is 0.222. The second kappa shape index (κ2) is 9.65. The molecular weight excluding hydrogens is 356 g/mol. The Morgan fingerprint density at radius 1 is 1.15 bits per heavy atom. The Hall–Kier alpha value is -2.77. The third-order valence-corrected chi connectivity index (χ3v) is 3.69. The molecule has 2 rings (SSSR count). The van der Waals surface area contributed by atoms with Crippen LogP contribution in [0.3, 0.4) is 0 Å². The maximum atomic E-state index is 12.1. The molecule has 2 aromatic carbocycles. The molecule has 0 radical (unpaired) electrons. The molecule has 138 valence electrons. The number of methoxy groups -OCH3 is 1. The summed E-state index contributed by atoms with van der Waals surface area (Å²) in [5, 5.41) is 6.21. The highest BCUT2D eigenvalue weighted by molar-refractivity contribution is 6.30. The van der Waals surface area contributed by atoms with Crippen LogP contribution in [-0.4, -0.2) is 31.5 Å². The molecule has 0 aliphatic carbocycles. The molecule has 0 saturated carbocycles. The number of para-hydroxylation sites is 2. The zero-order valence-electron chi connectivity index (χ0n) is 14.5. The Morgan fingerprint density at radius 3 is 2.65 bits per heavy atom. The summed E-state index contributed by atoms with van der Waals surface area (Å²) in [6, 6.07) is 13.5. The van der Waals surface area contributed by atoms with E-state index in [0.717, 1.165) is 0 Å². The number of anilines is 2. The number of ether oxygens (including phenoxy) is 1. The second-order valence-corrected chi connectivity index (χ2v) is 5.90. The Morgan fingerprint density at radius 2 is 1.92 bits per heavy atom. The van der Waals surface area contributed by atoms with E-state index < -0.39 is 6.04 Å². The molecule has 0 aliphatic heterocycles. The number of amides is 2. The standard InChI is InChI=1S/C18H21ClN4O3/c1-12(18(25)21-14-7-5-6-13(19)10-14)22-23-17(24)11-20-15-8-3-4-9-16(15)26-2/h3-10,12,20,22H,11H2,1-2H3,(H,21,25)(H,23,24)/t12-/m1/s1. The van der Waals surface area contributed by atoms with Crippen molar-refractivity contribution in [2.75, 3.05) is 24.3 Å². The van der Waals surface area contributed by atoms with E-state index in [2.05, 4.69) is 21.5 Å². The van der Waals surface area contributed by atoms with Crippen LogP contribution in [-0.2, 0) is 9.59 Å². The van der Waals surface area contributed by atoms with Gasteiger partial charge in [-0.2, -0.15) is 0 Å². The highest BCUT2D eigenvalue weighted by Gasteiger charge is 2.14. The van der Waals surface area contributed by atoms with Crippen molar-refractivity contribution < 1.29 is 14.3 Å². The number of carbonyl (C=O) groups is 2. The number of hydrogen-bond acceptors (Lipinski definition) is 5. The molecule has 0 aliphatic rings. The van der Waals surface area contributed by atoms with Crippen molar-refractivity contribution in [3.63, 3.8) is 0 Å². The molecule has 8 heteroatoms. The number of benzene rings is 2. The first-order valence-electron chi connectivity index (χ1n) is 7.97. The van der Waals surface area contributed by atoms with E-state index in [1.807, 2.05) is 12.1 Å². The van der Waals surface area contributed by atoms with Gasteiger partial charge in [-0.15, -0.1) is 0 Å². The Bertz CT molecular complexity index is 770. The quantitative estimate of drug-likeness (QED) is 0.531. The SMILES string of the molecule is COc1ccccc1NCC(=O)NN[C@H](C)C(=O)Nc1cccc(Cl)c1. The van der Waals surface area contributed by atoms with E-state index in [1.54, 1.807) is 50.4 Å². The van der Waals surface area contributed by atoms with Crippen LogP contribution in [0.1, 0.15) is 6.92 Å². The number of halogens is 1. The minimum absolute atomic E-state index is 0.0238. The van der Waals surface area contributed by atoms with Crippen molar-refractivity contribution >= 4 is 34.8 Å². The van der Waals surface area contributed by atoms with E-state index in [-0.39, 0.29) is 18.4 Å². The third kappa shape index (κ3) is 5.94. The summed E-state index contributed by atoms with van der Waals surface area (Å²) in [5.74, 6) is 0.0195. The van der Waals surface area contributed by atoms with Gasteiger partial charge >= 0.3 is 0 Å². The summed E-state index contributed by atoms with van der Waals surface area (Å²) >= 11 is 5.88. The van der Waals surface area contributed by atoms with Gasteiger partial charge in [0.15, 0.2) is 0 Å². The maximum Gasteiger partial charge on any atom is 0.253 e. The molecule has 0 aromatic heterocycles. The number of carbonyl (C=O) groups excluding carboxylic acids is 2. The third-order valence-electron chi connectivity index (χ3n) is 3.46. The molecular formula is C18H21ClN4O3. The summed E-state index contributed by atoms with van der Waals surface area (Å²) in [6.07, 6.45) is 0. The Kier molecular flexibility index (Phi) is 7.25. The highest BCUT2D eigenvalue weighted by Crippen LogP contribution is 2.22. The first-order chi connectivity index (χ1) is 12.5. The second-order valence-electron chi connectivity index (χ2n) is 5.47. The predicted molar refractivity (Wildman–Crippen MR) is 102 cm³/mol. The van der Waals surface area contributed by atoms with Crippen molar-refractivity contribution in [2.24, 2.45) is 0 Å². The average Bonchev–Trinajstić information content (AvgIpc) is 2.64. The molecule has 7 nitrogen and oxygen atoms in total. The van der Waals surface area contributed by atoms with E-state index in [4.69, 9.17) is 16.3 Å². The van der Waals surface area contributed by atoms with Crippen LogP contribution in [0.4, 0.5) is 11.4 Å². The van der Waals surface area contributed by atoms with Gasteiger partial charge in [0, 0.05) is 10.7 Å². The Balaban J connectivity index is 1.76. The van der Waals surface area contributed by atoms with E-state index in [0.29, 0.717) is 22.1 Å². The molecule has 4 N–H and O–H groups in total. The van der Waals surface area contributed by atoms with Gasteiger partial charge in [0.25, 0.3) is 5.91 Å². The topological polar surface area (TPSA) is 91.5 Å². The van der Waals surface area contributed by atoms with Gasteiger partial charge in [-0.25, -0.2) is 5.43 Å². The molecule has 0 unspecified atom stereocenters. The van der Waals surface area contributed by atoms with Gasteiger partial charge in [-0.05, 0) is 37.3 Å². The molecule has 0 spiro atoms. The fourth-order valence-electron chi connectivity index (χ4n) is 2.08. The Labute approximate surface area is 157 Å². The monoisotopic (exact) mass is 376 g/mol. The summed E-state index contributed by atoms with van der Waals surface area (Å²) in [5.41, 5.74) is 6.44. The lowest BCUT2D eigenvalue weighted by molar-refractivity contribution is -0.121. The summed E-state index contributed by atoms with van der Waals surface area (Å²) in [6.45, 7) is 1.66. The number of hydrazine groups is 1. The number of rotatable bonds is 8. The van der Waals surface area contributed by atoms with Crippen molar-refractivity contribution in [1.29, 1.82) is 0 Å². The van der Waals surface area contributed by atoms with Crippen LogP contribution in [0.2, 0.25) is 5.02 Å². The van der Waals surface area contributed by atoms with Crippen LogP contribution in [0, 0.1) is 0 Å². The van der Waals surface area contributed by atoms with Crippen LogP contribution in [0.15, 0.2) is 48.5 Å².